The number of aromatic nitrogens is 3. The lowest BCUT2D eigenvalue weighted by Crippen LogP contribution is -2.17. The van der Waals surface area contributed by atoms with Gasteiger partial charge in [-0.3, -0.25) is 4.40 Å². The van der Waals surface area contributed by atoms with Crippen LogP contribution in [-0.4, -0.2) is 26.8 Å². The van der Waals surface area contributed by atoms with Gasteiger partial charge in [-0.2, -0.15) is 8.78 Å². The van der Waals surface area contributed by atoms with Crippen molar-refractivity contribution in [2.24, 2.45) is 0 Å². The molecule has 3 aromatic rings. The van der Waals surface area contributed by atoms with Crippen molar-refractivity contribution in [3.8, 4) is 16.9 Å². The summed E-state index contributed by atoms with van der Waals surface area (Å²) in [6.07, 6.45) is -2.07. The smallest absolute Gasteiger partial charge is 0.406 e. The maximum atomic E-state index is 14.1. The van der Waals surface area contributed by atoms with Gasteiger partial charge in [0.15, 0.2) is 5.65 Å². The van der Waals surface area contributed by atoms with Crippen molar-refractivity contribution < 1.29 is 26.7 Å². The molecule has 25 heavy (non-hydrogen) atoms. The van der Waals surface area contributed by atoms with Crippen LogP contribution in [0.15, 0.2) is 42.9 Å². The van der Waals surface area contributed by atoms with Crippen molar-refractivity contribution in [1.29, 1.82) is 0 Å². The highest BCUT2D eigenvalue weighted by atomic mass is 35.5. The highest BCUT2D eigenvalue weighted by Gasteiger charge is 2.34. The molecule has 0 saturated heterocycles. The lowest BCUT2D eigenvalue weighted by atomic mass is 10.0. The third-order valence-corrected chi connectivity index (χ3v) is 3.71. The molecule has 3 rings (SSSR count). The second-order valence-corrected chi connectivity index (χ2v) is 5.38. The molecule has 2 aromatic heterocycles. The van der Waals surface area contributed by atoms with Crippen LogP contribution in [0.2, 0.25) is 0 Å². The predicted molar refractivity (Wildman–Crippen MR) is 79.7 cm³/mol. The summed E-state index contributed by atoms with van der Waals surface area (Å²) in [5.41, 5.74) is 0.280. The maximum absolute atomic E-state index is 14.1. The quantitative estimate of drug-likeness (QED) is 0.492. The monoisotopic (exact) mass is 377 g/mol. The number of nitrogens with zero attached hydrogens (tertiary/aromatic N) is 3. The van der Waals surface area contributed by atoms with Gasteiger partial charge in [-0.15, -0.1) is 35.0 Å². The Morgan fingerprint density at radius 1 is 1.04 bits per heavy atom. The molecular weight excluding hydrogens is 369 g/mol. The Morgan fingerprint density at radius 3 is 2.32 bits per heavy atom. The van der Waals surface area contributed by atoms with Crippen molar-refractivity contribution in [3.63, 3.8) is 0 Å². The number of ether oxygens (including phenoxy) is 1. The number of hydrogen-bond donors (Lipinski definition) is 0. The number of hydrogen-bond acceptors (Lipinski definition) is 3. The van der Waals surface area contributed by atoms with Crippen molar-refractivity contribution in [2.45, 2.75) is 12.3 Å². The van der Waals surface area contributed by atoms with Crippen LogP contribution in [0.5, 0.6) is 5.75 Å². The highest BCUT2D eigenvalue weighted by Crippen LogP contribution is 2.35. The van der Waals surface area contributed by atoms with Crippen LogP contribution in [0.3, 0.4) is 0 Å². The normalized spacial score (nSPS) is 12.6. The molecule has 0 unspecified atom stereocenters. The standard InChI is InChI=1S/C15H9ClF5N3O/c16-7-14(17,18)12-5-10(6-24-8-22-23-13(12)24)9-1-3-11(4-2-9)25-15(19,20)21/h1-6,8H,7H2. The van der Waals surface area contributed by atoms with Crippen molar-refractivity contribution in [3.05, 3.63) is 48.4 Å². The Labute approximate surface area is 142 Å². The fraction of sp³-hybridized carbons (Fsp3) is 0.200. The Bertz CT molecular complexity index is 892. The fourth-order valence-corrected chi connectivity index (χ4v) is 2.43. The van der Waals surface area contributed by atoms with Crippen LogP contribution in [-0.2, 0) is 5.92 Å². The molecule has 2 heterocycles. The molecule has 0 aliphatic heterocycles. The van der Waals surface area contributed by atoms with Crippen LogP contribution in [0.4, 0.5) is 22.0 Å². The topological polar surface area (TPSA) is 39.4 Å². The van der Waals surface area contributed by atoms with E-state index in [9.17, 15) is 22.0 Å². The molecule has 0 N–H and O–H groups in total. The second-order valence-electron chi connectivity index (χ2n) is 5.11. The average Bonchev–Trinajstić information content (AvgIpc) is 3.01. The molecular formula is C15H9ClF5N3O. The minimum atomic E-state index is -4.81. The first-order chi connectivity index (χ1) is 11.7. The van der Waals surface area contributed by atoms with E-state index in [0.717, 1.165) is 12.1 Å². The molecule has 4 nitrogen and oxygen atoms in total. The van der Waals surface area contributed by atoms with Gasteiger partial charge in [0.1, 0.15) is 12.1 Å². The van der Waals surface area contributed by atoms with Gasteiger partial charge in [0.2, 0.25) is 0 Å². The number of benzene rings is 1. The zero-order chi connectivity index (χ0) is 18.2. The van der Waals surface area contributed by atoms with Crippen LogP contribution < -0.4 is 4.74 Å². The minimum Gasteiger partial charge on any atom is -0.406 e. The molecule has 0 aliphatic carbocycles. The lowest BCUT2D eigenvalue weighted by Gasteiger charge is -2.16. The van der Waals surface area contributed by atoms with E-state index in [1.165, 1.54) is 35.1 Å². The van der Waals surface area contributed by atoms with E-state index in [0.29, 0.717) is 11.1 Å². The van der Waals surface area contributed by atoms with Crippen molar-refractivity contribution in [2.75, 3.05) is 5.88 Å². The van der Waals surface area contributed by atoms with Crippen molar-refractivity contribution in [1.82, 2.24) is 14.6 Å². The lowest BCUT2D eigenvalue weighted by molar-refractivity contribution is -0.274. The number of halogens is 6. The second kappa shape index (κ2) is 6.14. The summed E-state index contributed by atoms with van der Waals surface area (Å²) in [5.74, 6) is -4.70. The molecule has 0 bridgehead atoms. The third kappa shape index (κ3) is 3.65. The van der Waals surface area contributed by atoms with Crippen LogP contribution in [0.1, 0.15) is 5.56 Å². The number of rotatable bonds is 4. The zero-order valence-corrected chi connectivity index (χ0v) is 13.0. The Hall–Kier alpha value is -2.42. The van der Waals surface area contributed by atoms with E-state index in [1.807, 2.05) is 0 Å². The van der Waals surface area contributed by atoms with Gasteiger partial charge in [-0.1, -0.05) is 12.1 Å². The van der Waals surface area contributed by atoms with Crippen LogP contribution in [0, 0.1) is 0 Å². The molecule has 0 atom stereocenters. The van der Waals surface area contributed by atoms with Gasteiger partial charge in [-0.05, 0) is 29.3 Å². The minimum absolute atomic E-state index is 0.0496. The molecule has 0 aliphatic rings. The molecule has 132 valence electrons. The Kier molecular flexibility index (Phi) is 4.28. The largest absolute Gasteiger partial charge is 0.573 e. The molecule has 0 spiro atoms. The molecule has 0 fully saturated rings. The first kappa shape index (κ1) is 17.4. The van der Waals surface area contributed by atoms with E-state index in [4.69, 9.17) is 11.6 Å². The van der Waals surface area contributed by atoms with E-state index in [2.05, 4.69) is 14.9 Å². The summed E-state index contributed by atoms with van der Waals surface area (Å²) in [4.78, 5) is 0. The summed E-state index contributed by atoms with van der Waals surface area (Å²) in [5, 5.41) is 7.24. The average molecular weight is 378 g/mol. The summed E-state index contributed by atoms with van der Waals surface area (Å²) in [7, 11) is 0. The first-order valence-corrected chi connectivity index (χ1v) is 7.37. The number of pyridine rings is 1. The molecule has 10 heteroatoms. The first-order valence-electron chi connectivity index (χ1n) is 6.83. The SMILES string of the molecule is FC(F)(F)Oc1ccc(-c2cc(C(F)(F)CCl)c3nncn3c2)cc1. The van der Waals surface area contributed by atoms with Crippen LogP contribution >= 0.6 is 11.6 Å². The van der Waals surface area contributed by atoms with Gasteiger partial charge in [0, 0.05) is 6.20 Å². The Morgan fingerprint density at radius 2 is 1.72 bits per heavy atom. The maximum Gasteiger partial charge on any atom is 0.573 e. The fourth-order valence-electron chi connectivity index (χ4n) is 2.29. The van der Waals surface area contributed by atoms with Gasteiger partial charge >= 0.3 is 6.36 Å². The van der Waals surface area contributed by atoms with E-state index in [1.54, 1.807) is 0 Å². The van der Waals surface area contributed by atoms with E-state index in [-0.39, 0.29) is 5.65 Å². The molecule has 0 radical (unpaired) electrons. The third-order valence-electron chi connectivity index (χ3n) is 3.38. The highest BCUT2D eigenvalue weighted by molar-refractivity contribution is 6.18. The van der Waals surface area contributed by atoms with E-state index < -0.39 is 29.5 Å². The summed E-state index contributed by atoms with van der Waals surface area (Å²) < 4.78 is 69.8. The molecule has 1 aromatic carbocycles. The zero-order valence-electron chi connectivity index (χ0n) is 12.3. The summed E-state index contributed by atoms with van der Waals surface area (Å²) >= 11 is 5.35. The van der Waals surface area contributed by atoms with Gasteiger partial charge in [0.05, 0.1) is 11.4 Å². The van der Waals surface area contributed by atoms with Crippen LogP contribution in [0.25, 0.3) is 16.8 Å². The molecule has 0 saturated carbocycles. The number of fused-ring (bicyclic) bond motifs is 1. The van der Waals surface area contributed by atoms with E-state index >= 15 is 0 Å². The van der Waals surface area contributed by atoms with Gasteiger partial charge < -0.3 is 4.74 Å². The van der Waals surface area contributed by atoms with Gasteiger partial charge in [-0.25, -0.2) is 0 Å². The Balaban J connectivity index is 2.04. The molecule has 0 amide bonds. The van der Waals surface area contributed by atoms with Crippen molar-refractivity contribution >= 4 is 17.2 Å². The number of alkyl halides is 6. The summed E-state index contributed by atoms with van der Waals surface area (Å²) in [6, 6.07) is 6.04. The summed E-state index contributed by atoms with van der Waals surface area (Å²) in [6.45, 7) is 0. The predicted octanol–water partition coefficient (Wildman–Crippen LogP) is 4.63. The van der Waals surface area contributed by atoms with Gasteiger partial charge in [0.25, 0.3) is 5.92 Å².